The molecule has 0 fully saturated rings. The minimum absolute atomic E-state index is 0.152. The number of ketones is 1. The Morgan fingerprint density at radius 2 is 1.64 bits per heavy atom. The molecule has 3 rings (SSSR count). The van der Waals surface area contributed by atoms with Gasteiger partial charge in [0.15, 0.2) is 6.61 Å². The van der Waals surface area contributed by atoms with E-state index in [9.17, 15) is 22.8 Å². The van der Waals surface area contributed by atoms with E-state index in [0.29, 0.717) is 20.3 Å². The Bertz CT molecular complexity index is 1010. The van der Waals surface area contributed by atoms with Gasteiger partial charge in [0.05, 0.1) is 20.3 Å². The van der Waals surface area contributed by atoms with Crippen LogP contribution in [0, 0.1) is 0 Å². The Balaban J connectivity index is 1.78. The number of thiophene rings is 1. The first-order valence-electron chi connectivity index (χ1n) is 7.98. The summed E-state index contributed by atoms with van der Waals surface area (Å²) in [5, 5.41) is 0. The van der Waals surface area contributed by atoms with Crippen molar-refractivity contribution >= 4 is 34.7 Å². The molecule has 3 nitrogen and oxygen atoms in total. The molecule has 0 amide bonds. The number of rotatable bonds is 5. The molecule has 3 aromatic rings. The topological polar surface area (TPSA) is 43.4 Å². The summed E-state index contributed by atoms with van der Waals surface area (Å²) in [7, 11) is 0. The maximum atomic E-state index is 12.7. The summed E-state index contributed by atoms with van der Waals surface area (Å²) in [5.74, 6) is -1.14. The van der Waals surface area contributed by atoms with Gasteiger partial charge in [0.1, 0.15) is 0 Å². The Hall–Kier alpha value is -2.64. The molecule has 144 valence electrons. The van der Waals surface area contributed by atoms with Gasteiger partial charge in [-0.3, -0.25) is 4.79 Å². The standard InChI is InChI=1S/C20H12ClF3O3S/c21-18-10-9-17(28-18)16(25)11-27-19(26)15-4-2-1-3-14(15)12-5-7-13(8-6-12)20(22,23)24/h1-10H,11H2. The summed E-state index contributed by atoms with van der Waals surface area (Å²) in [6, 6.07) is 13.9. The van der Waals surface area contributed by atoms with E-state index in [-0.39, 0.29) is 5.56 Å². The lowest BCUT2D eigenvalue weighted by molar-refractivity contribution is -0.137. The van der Waals surface area contributed by atoms with Gasteiger partial charge in [-0.2, -0.15) is 13.2 Å². The Morgan fingerprint density at radius 1 is 0.964 bits per heavy atom. The zero-order chi connectivity index (χ0) is 20.3. The molecule has 0 bridgehead atoms. The molecule has 0 saturated carbocycles. The molecular formula is C20H12ClF3O3S. The summed E-state index contributed by atoms with van der Waals surface area (Å²) in [4.78, 5) is 24.8. The lowest BCUT2D eigenvalue weighted by atomic mass is 9.98. The highest BCUT2D eigenvalue weighted by Gasteiger charge is 2.30. The largest absolute Gasteiger partial charge is 0.454 e. The molecule has 2 aromatic carbocycles. The Kier molecular flexibility index (Phi) is 5.86. The summed E-state index contributed by atoms with van der Waals surface area (Å²) in [6.07, 6.45) is -4.44. The summed E-state index contributed by atoms with van der Waals surface area (Å²) >= 11 is 6.86. The maximum Gasteiger partial charge on any atom is 0.416 e. The van der Waals surface area contributed by atoms with Crippen LogP contribution in [0.4, 0.5) is 13.2 Å². The van der Waals surface area contributed by atoms with Crippen molar-refractivity contribution in [2.75, 3.05) is 6.61 Å². The zero-order valence-corrected chi connectivity index (χ0v) is 15.7. The van der Waals surface area contributed by atoms with E-state index in [1.54, 1.807) is 30.3 Å². The molecule has 1 aromatic heterocycles. The number of hydrogen-bond donors (Lipinski definition) is 0. The highest BCUT2D eigenvalue weighted by Crippen LogP contribution is 2.32. The third kappa shape index (κ3) is 4.61. The van der Waals surface area contributed by atoms with Gasteiger partial charge in [-0.15, -0.1) is 11.3 Å². The molecule has 0 atom stereocenters. The number of hydrogen-bond acceptors (Lipinski definition) is 4. The molecule has 0 radical (unpaired) electrons. The van der Waals surface area contributed by atoms with Gasteiger partial charge in [-0.05, 0) is 41.5 Å². The van der Waals surface area contributed by atoms with Crippen LogP contribution in [-0.2, 0) is 10.9 Å². The first-order chi connectivity index (χ1) is 13.3. The van der Waals surface area contributed by atoms with Crippen LogP contribution < -0.4 is 0 Å². The van der Waals surface area contributed by atoms with Crippen molar-refractivity contribution in [1.82, 2.24) is 0 Å². The SMILES string of the molecule is O=C(COC(=O)c1ccccc1-c1ccc(C(F)(F)F)cc1)c1ccc(Cl)s1. The molecule has 0 aliphatic heterocycles. The fraction of sp³-hybridized carbons (Fsp3) is 0.100. The van der Waals surface area contributed by atoms with Gasteiger partial charge in [-0.25, -0.2) is 4.79 Å². The normalized spacial score (nSPS) is 11.3. The van der Waals surface area contributed by atoms with Crippen LogP contribution in [0.15, 0.2) is 60.7 Å². The number of esters is 1. The van der Waals surface area contributed by atoms with Crippen molar-refractivity contribution in [3.05, 3.63) is 81.0 Å². The molecule has 28 heavy (non-hydrogen) atoms. The second-order valence-corrected chi connectivity index (χ2v) is 7.44. The van der Waals surface area contributed by atoms with Gasteiger partial charge < -0.3 is 4.74 Å². The third-order valence-corrected chi connectivity index (χ3v) is 5.12. The number of benzene rings is 2. The number of ether oxygens (including phenoxy) is 1. The predicted molar refractivity (Wildman–Crippen MR) is 101 cm³/mol. The number of halogens is 4. The molecule has 0 N–H and O–H groups in total. The average molecular weight is 425 g/mol. The third-order valence-electron chi connectivity index (χ3n) is 3.85. The van der Waals surface area contributed by atoms with E-state index < -0.39 is 30.1 Å². The van der Waals surface area contributed by atoms with Crippen LogP contribution in [0.1, 0.15) is 25.6 Å². The number of carbonyl (C=O) groups excluding carboxylic acids is 2. The van der Waals surface area contributed by atoms with Crippen molar-refractivity contribution in [2.24, 2.45) is 0 Å². The van der Waals surface area contributed by atoms with E-state index in [4.69, 9.17) is 16.3 Å². The minimum Gasteiger partial charge on any atom is -0.454 e. The molecule has 0 aliphatic rings. The van der Waals surface area contributed by atoms with Gasteiger partial charge in [0.25, 0.3) is 0 Å². The molecule has 0 spiro atoms. The fourth-order valence-corrected chi connectivity index (χ4v) is 3.46. The van der Waals surface area contributed by atoms with E-state index >= 15 is 0 Å². The van der Waals surface area contributed by atoms with E-state index in [0.717, 1.165) is 23.5 Å². The van der Waals surface area contributed by atoms with E-state index in [1.165, 1.54) is 18.2 Å². The zero-order valence-electron chi connectivity index (χ0n) is 14.1. The molecule has 0 saturated heterocycles. The van der Waals surface area contributed by atoms with Crippen LogP contribution in [0.2, 0.25) is 4.34 Å². The second kappa shape index (κ2) is 8.16. The van der Waals surface area contributed by atoms with Crippen molar-refractivity contribution < 1.29 is 27.5 Å². The van der Waals surface area contributed by atoms with Crippen LogP contribution in [0.25, 0.3) is 11.1 Å². The number of alkyl halides is 3. The lowest BCUT2D eigenvalue weighted by Crippen LogP contribution is -2.14. The first kappa shape index (κ1) is 20.1. The minimum atomic E-state index is -4.44. The second-order valence-electron chi connectivity index (χ2n) is 5.72. The van der Waals surface area contributed by atoms with Crippen LogP contribution in [0.5, 0.6) is 0 Å². The summed E-state index contributed by atoms with van der Waals surface area (Å²) in [5.41, 5.74) is 0.209. The predicted octanol–water partition coefficient (Wildman–Crippen LogP) is 6.13. The highest BCUT2D eigenvalue weighted by molar-refractivity contribution is 7.18. The lowest BCUT2D eigenvalue weighted by Gasteiger charge is -2.11. The molecule has 0 aliphatic carbocycles. The molecule has 8 heteroatoms. The number of carbonyl (C=O) groups is 2. The molecule has 0 unspecified atom stereocenters. The molecular weight excluding hydrogens is 413 g/mol. The quantitative estimate of drug-likeness (QED) is 0.365. The smallest absolute Gasteiger partial charge is 0.416 e. The molecule has 1 heterocycles. The van der Waals surface area contributed by atoms with Gasteiger partial charge in [0.2, 0.25) is 5.78 Å². The Morgan fingerprint density at radius 3 is 2.25 bits per heavy atom. The van der Waals surface area contributed by atoms with Crippen LogP contribution >= 0.6 is 22.9 Å². The van der Waals surface area contributed by atoms with E-state index in [1.807, 2.05) is 0 Å². The first-order valence-corrected chi connectivity index (χ1v) is 9.17. The number of Topliss-reactive ketones (excluding diaryl/α,β-unsaturated/α-hetero) is 1. The van der Waals surface area contributed by atoms with Crippen molar-refractivity contribution in [3.8, 4) is 11.1 Å². The van der Waals surface area contributed by atoms with Crippen LogP contribution in [-0.4, -0.2) is 18.4 Å². The van der Waals surface area contributed by atoms with Crippen molar-refractivity contribution in [2.45, 2.75) is 6.18 Å². The van der Waals surface area contributed by atoms with Crippen molar-refractivity contribution in [1.29, 1.82) is 0 Å². The highest BCUT2D eigenvalue weighted by atomic mass is 35.5. The van der Waals surface area contributed by atoms with E-state index in [2.05, 4.69) is 0 Å². The van der Waals surface area contributed by atoms with Crippen molar-refractivity contribution in [3.63, 3.8) is 0 Å². The summed E-state index contributed by atoms with van der Waals surface area (Å²) in [6.45, 7) is -0.461. The fourth-order valence-electron chi connectivity index (χ4n) is 2.50. The summed E-state index contributed by atoms with van der Waals surface area (Å²) < 4.78 is 43.7. The monoisotopic (exact) mass is 424 g/mol. The van der Waals surface area contributed by atoms with Gasteiger partial charge in [-0.1, -0.05) is 41.9 Å². The van der Waals surface area contributed by atoms with Gasteiger partial charge >= 0.3 is 12.1 Å². The van der Waals surface area contributed by atoms with Crippen LogP contribution in [0.3, 0.4) is 0 Å². The Labute approximate surface area is 167 Å². The maximum absolute atomic E-state index is 12.7. The average Bonchev–Trinajstić information content (AvgIpc) is 3.12. The van der Waals surface area contributed by atoms with Gasteiger partial charge in [0, 0.05) is 0 Å².